The number of halogens is 2. The van der Waals surface area contributed by atoms with Crippen molar-refractivity contribution in [2.45, 2.75) is 12.5 Å². The van der Waals surface area contributed by atoms with E-state index in [1.54, 1.807) is 13.0 Å². The molecule has 0 saturated heterocycles. The molecule has 0 saturated carbocycles. The molecule has 100 valence electrons. The van der Waals surface area contributed by atoms with E-state index in [0.717, 1.165) is 0 Å². The van der Waals surface area contributed by atoms with E-state index in [0.29, 0.717) is 5.75 Å². The zero-order valence-electron chi connectivity index (χ0n) is 10.2. The summed E-state index contributed by atoms with van der Waals surface area (Å²) in [6, 6.07) is 4.44. The second-order valence-electron chi connectivity index (χ2n) is 4.17. The smallest absolute Gasteiger partial charge is 0.255 e. The second-order valence-corrected chi connectivity index (χ2v) is 4.70. The van der Waals surface area contributed by atoms with Crippen molar-refractivity contribution in [3.05, 3.63) is 23.8 Å². The van der Waals surface area contributed by atoms with Crippen LogP contribution >= 0.6 is 23.2 Å². The highest BCUT2D eigenvalue weighted by molar-refractivity contribution is 6.22. The normalized spacial score (nSPS) is 11.1. The van der Waals surface area contributed by atoms with Gasteiger partial charge in [0.05, 0.1) is 18.2 Å². The summed E-state index contributed by atoms with van der Waals surface area (Å²) in [6.45, 7) is 1.73. The quantitative estimate of drug-likeness (QED) is 0.819. The van der Waals surface area contributed by atoms with Gasteiger partial charge in [-0.05, 0) is 19.1 Å². The first-order valence-corrected chi connectivity index (χ1v) is 6.34. The van der Waals surface area contributed by atoms with Crippen LogP contribution in [0.25, 0.3) is 0 Å². The van der Waals surface area contributed by atoms with Gasteiger partial charge in [0.15, 0.2) is 0 Å². The van der Waals surface area contributed by atoms with Gasteiger partial charge in [0, 0.05) is 17.8 Å². The number of ether oxygens (including phenoxy) is 1. The van der Waals surface area contributed by atoms with Crippen LogP contribution in [0.1, 0.15) is 17.3 Å². The number of rotatable bonds is 5. The van der Waals surface area contributed by atoms with Crippen LogP contribution < -0.4 is 10.1 Å². The van der Waals surface area contributed by atoms with Crippen LogP contribution in [0.15, 0.2) is 18.2 Å². The molecule has 0 aliphatic carbocycles. The van der Waals surface area contributed by atoms with E-state index in [1.807, 2.05) is 0 Å². The summed E-state index contributed by atoms with van der Waals surface area (Å²) in [5.74, 6) is 0.247. The highest BCUT2D eigenvalue weighted by Crippen LogP contribution is 2.24. The third kappa shape index (κ3) is 3.43. The van der Waals surface area contributed by atoms with Gasteiger partial charge in [-0.25, -0.2) is 0 Å². The molecule has 1 aromatic rings. The Morgan fingerprint density at radius 1 is 1.44 bits per heavy atom. The van der Waals surface area contributed by atoms with E-state index in [2.05, 4.69) is 5.32 Å². The maximum atomic E-state index is 12.0. The molecule has 1 rings (SSSR count). The van der Waals surface area contributed by atoms with Gasteiger partial charge in [-0.2, -0.15) is 0 Å². The first-order chi connectivity index (χ1) is 8.45. The average Bonchev–Trinajstić information content (AvgIpc) is 2.38. The minimum atomic E-state index is -0.716. The Bertz CT molecular complexity index is 433. The zero-order valence-corrected chi connectivity index (χ0v) is 11.7. The summed E-state index contributed by atoms with van der Waals surface area (Å²) in [4.78, 5) is 12.0. The molecule has 0 atom stereocenters. The standard InChI is InChI=1S/C12H15Cl2NO3/c1-12(6-13,7-14)15-11(17)9-4-3-8(18-2)5-10(9)16/h3-5,16H,6-7H2,1-2H3,(H,15,17). The maximum Gasteiger partial charge on any atom is 0.255 e. The Kier molecular flexibility index (Phi) is 5.11. The number of carbonyl (C=O) groups is 1. The highest BCUT2D eigenvalue weighted by Gasteiger charge is 2.26. The van der Waals surface area contributed by atoms with E-state index >= 15 is 0 Å². The molecule has 6 heteroatoms. The number of aromatic hydroxyl groups is 1. The number of phenolic OH excluding ortho intramolecular Hbond substituents is 1. The summed E-state index contributed by atoms with van der Waals surface area (Å²) in [6.07, 6.45) is 0. The molecule has 4 nitrogen and oxygen atoms in total. The Labute approximate surface area is 116 Å². The SMILES string of the molecule is COc1ccc(C(=O)NC(C)(CCl)CCl)c(O)c1. The number of hydrogen-bond donors (Lipinski definition) is 2. The third-order valence-corrected chi connectivity index (χ3v) is 3.63. The summed E-state index contributed by atoms with van der Waals surface area (Å²) >= 11 is 11.5. The second kappa shape index (κ2) is 6.16. The van der Waals surface area contributed by atoms with Crippen LogP contribution in [0.3, 0.4) is 0 Å². The van der Waals surface area contributed by atoms with Gasteiger partial charge in [0.25, 0.3) is 5.91 Å². The van der Waals surface area contributed by atoms with Crippen molar-refractivity contribution >= 4 is 29.1 Å². The third-order valence-electron chi connectivity index (χ3n) is 2.45. The van der Waals surface area contributed by atoms with Crippen molar-refractivity contribution < 1.29 is 14.6 Å². The Hall–Kier alpha value is -1.13. The van der Waals surface area contributed by atoms with Crippen molar-refractivity contribution in [1.29, 1.82) is 0 Å². The van der Waals surface area contributed by atoms with Gasteiger partial charge in [0.2, 0.25) is 0 Å². The number of amides is 1. The van der Waals surface area contributed by atoms with Gasteiger partial charge in [-0.1, -0.05) is 0 Å². The van der Waals surface area contributed by atoms with Crippen LogP contribution in [0.4, 0.5) is 0 Å². The molecule has 2 N–H and O–H groups in total. The molecule has 0 heterocycles. The van der Waals surface area contributed by atoms with E-state index < -0.39 is 11.4 Å². The molecular weight excluding hydrogens is 277 g/mol. The molecular formula is C12H15Cl2NO3. The molecule has 1 amide bonds. The lowest BCUT2D eigenvalue weighted by molar-refractivity contribution is 0.0918. The number of benzene rings is 1. The number of carbonyl (C=O) groups excluding carboxylic acids is 1. The molecule has 0 aromatic heterocycles. The summed E-state index contributed by atoms with van der Waals surface area (Å²) in [5.41, 5.74) is -0.565. The average molecular weight is 292 g/mol. The lowest BCUT2D eigenvalue weighted by atomic mass is 10.1. The number of alkyl halides is 2. The molecule has 0 fully saturated rings. The van der Waals surface area contributed by atoms with Crippen molar-refractivity contribution in [1.82, 2.24) is 5.32 Å². The fraction of sp³-hybridized carbons (Fsp3) is 0.417. The van der Waals surface area contributed by atoms with Crippen molar-refractivity contribution in [3.63, 3.8) is 0 Å². The van der Waals surface area contributed by atoms with Crippen LogP contribution in [-0.4, -0.2) is 35.4 Å². The van der Waals surface area contributed by atoms with E-state index in [1.165, 1.54) is 19.2 Å². The van der Waals surface area contributed by atoms with Gasteiger partial charge in [-0.3, -0.25) is 4.79 Å². The summed E-state index contributed by atoms with van der Waals surface area (Å²) < 4.78 is 4.94. The molecule has 0 spiro atoms. The van der Waals surface area contributed by atoms with Gasteiger partial charge in [0.1, 0.15) is 11.5 Å². The number of hydrogen-bond acceptors (Lipinski definition) is 3. The van der Waals surface area contributed by atoms with Crippen LogP contribution in [0.5, 0.6) is 11.5 Å². The Morgan fingerprint density at radius 2 is 2.06 bits per heavy atom. The zero-order chi connectivity index (χ0) is 13.8. The van der Waals surface area contributed by atoms with Gasteiger partial charge in [-0.15, -0.1) is 23.2 Å². The molecule has 1 aromatic carbocycles. The lowest BCUT2D eigenvalue weighted by Crippen LogP contribution is -2.49. The fourth-order valence-electron chi connectivity index (χ4n) is 1.27. The minimum absolute atomic E-state index is 0.150. The number of phenols is 1. The summed E-state index contributed by atoms with van der Waals surface area (Å²) in [7, 11) is 1.48. The first-order valence-electron chi connectivity index (χ1n) is 5.27. The number of methoxy groups -OCH3 is 1. The highest BCUT2D eigenvalue weighted by atomic mass is 35.5. The molecule has 18 heavy (non-hydrogen) atoms. The molecule has 0 bridgehead atoms. The Balaban J connectivity index is 2.91. The summed E-state index contributed by atoms with van der Waals surface area (Å²) in [5, 5.41) is 12.4. The van der Waals surface area contributed by atoms with Crippen LogP contribution in [0.2, 0.25) is 0 Å². The van der Waals surface area contributed by atoms with Crippen LogP contribution in [0, 0.1) is 0 Å². The molecule has 0 radical (unpaired) electrons. The monoisotopic (exact) mass is 291 g/mol. The molecule has 0 aliphatic rings. The predicted octanol–water partition coefficient (Wildman–Crippen LogP) is 2.37. The largest absolute Gasteiger partial charge is 0.507 e. The van der Waals surface area contributed by atoms with Gasteiger partial charge >= 0.3 is 0 Å². The Morgan fingerprint density at radius 3 is 2.50 bits per heavy atom. The first kappa shape index (κ1) is 14.9. The minimum Gasteiger partial charge on any atom is -0.507 e. The van der Waals surface area contributed by atoms with Crippen LogP contribution in [-0.2, 0) is 0 Å². The lowest BCUT2D eigenvalue weighted by Gasteiger charge is -2.26. The van der Waals surface area contributed by atoms with E-state index in [9.17, 15) is 9.90 Å². The fourth-order valence-corrected chi connectivity index (χ4v) is 1.69. The van der Waals surface area contributed by atoms with Crippen molar-refractivity contribution in [2.75, 3.05) is 18.9 Å². The topological polar surface area (TPSA) is 58.6 Å². The predicted molar refractivity (Wildman–Crippen MR) is 72.0 cm³/mol. The van der Waals surface area contributed by atoms with E-state index in [-0.39, 0.29) is 23.1 Å². The molecule has 0 unspecified atom stereocenters. The van der Waals surface area contributed by atoms with E-state index in [4.69, 9.17) is 27.9 Å². The maximum absolute atomic E-state index is 12.0. The van der Waals surface area contributed by atoms with Crippen molar-refractivity contribution in [3.8, 4) is 11.5 Å². The number of nitrogens with one attached hydrogen (secondary N) is 1. The van der Waals surface area contributed by atoms with Gasteiger partial charge < -0.3 is 15.2 Å². The molecule has 0 aliphatic heterocycles. The van der Waals surface area contributed by atoms with Crippen molar-refractivity contribution in [2.24, 2.45) is 0 Å².